The number of rotatable bonds is 3. The van der Waals surface area contributed by atoms with Crippen LogP contribution in [0, 0.1) is 13.8 Å². The predicted octanol–water partition coefficient (Wildman–Crippen LogP) is 0.734. The van der Waals surface area contributed by atoms with Crippen molar-refractivity contribution in [3.63, 3.8) is 0 Å². The molecule has 134 valence electrons. The predicted molar refractivity (Wildman–Crippen MR) is 97.6 cm³/mol. The molecule has 0 radical (unpaired) electrons. The number of benzene rings is 1. The van der Waals surface area contributed by atoms with E-state index in [1.807, 2.05) is 32.0 Å². The summed E-state index contributed by atoms with van der Waals surface area (Å²) in [5.74, 6) is 0.193. The van der Waals surface area contributed by atoms with Crippen LogP contribution in [0.15, 0.2) is 23.2 Å². The Morgan fingerprint density at radius 2 is 1.96 bits per heavy atom. The van der Waals surface area contributed by atoms with Crippen LogP contribution in [-0.2, 0) is 9.59 Å². The van der Waals surface area contributed by atoms with E-state index in [4.69, 9.17) is 0 Å². The number of carbonyl (C=O) groups excluding carboxylic acids is 2. The first-order valence-electron chi connectivity index (χ1n) is 8.61. The molecule has 1 aromatic rings. The average molecular weight is 343 g/mol. The van der Waals surface area contributed by atoms with E-state index >= 15 is 0 Å². The average Bonchev–Trinajstić information content (AvgIpc) is 2.92. The normalized spacial score (nSPS) is 21.1. The van der Waals surface area contributed by atoms with E-state index in [-0.39, 0.29) is 18.2 Å². The minimum Gasteiger partial charge on any atom is -0.340 e. The van der Waals surface area contributed by atoms with Crippen molar-refractivity contribution in [2.24, 2.45) is 4.99 Å². The van der Waals surface area contributed by atoms with Gasteiger partial charge >= 0.3 is 0 Å². The quantitative estimate of drug-likeness (QED) is 0.848. The molecule has 2 N–H and O–H groups in total. The fraction of sp³-hybridized carbons (Fsp3) is 0.500. The lowest BCUT2D eigenvalue weighted by Gasteiger charge is -2.33. The summed E-state index contributed by atoms with van der Waals surface area (Å²) < 4.78 is 0. The zero-order valence-corrected chi connectivity index (χ0v) is 15.0. The van der Waals surface area contributed by atoms with Crippen molar-refractivity contribution in [3.05, 3.63) is 29.3 Å². The number of guanidine groups is 1. The molecular formula is C18H25N5O2. The maximum absolute atomic E-state index is 12.3. The Hall–Kier alpha value is -2.41. The third-order valence-electron chi connectivity index (χ3n) is 4.79. The number of aryl methyl sites for hydroxylation is 2. The van der Waals surface area contributed by atoms with Gasteiger partial charge in [0, 0.05) is 31.9 Å². The lowest BCUT2D eigenvalue weighted by atomic mass is 10.1. The van der Waals surface area contributed by atoms with E-state index in [9.17, 15) is 9.59 Å². The Kier molecular flexibility index (Phi) is 5.03. The van der Waals surface area contributed by atoms with Crippen LogP contribution in [0.1, 0.15) is 17.5 Å². The van der Waals surface area contributed by atoms with Gasteiger partial charge in [-0.1, -0.05) is 6.07 Å². The molecule has 2 heterocycles. The molecule has 25 heavy (non-hydrogen) atoms. The number of aliphatic imine (C=N–C) groups is 1. The summed E-state index contributed by atoms with van der Waals surface area (Å²) in [6.07, 6.45) is 0.0516. The summed E-state index contributed by atoms with van der Waals surface area (Å²) in [7, 11) is 2.08. The van der Waals surface area contributed by atoms with Gasteiger partial charge in [-0.25, -0.2) is 4.99 Å². The number of amides is 2. The second-order valence-electron chi connectivity index (χ2n) is 6.80. The lowest BCUT2D eigenvalue weighted by molar-refractivity contribution is -0.124. The minimum atomic E-state index is -0.652. The maximum Gasteiger partial charge on any atom is 0.252 e. The monoisotopic (exact) mass is 343 g/mol. The van der Waals surface area contributed by atoms with E-state index < -0.39 is 6.04 Å². The number of likely N-dealkylation sites (N-methyl/N-ethyl adjacent to an activating group) is 1. The molecule has 2 aliphatic heterocycles. The van der Waals surface area contributed by atoms with Crippen molar-refractivity contribution in [1.82, 2.24) is 15.1 Å². The number of piperazine rings is 1. The van der Waals surface area contributed by atoms with Crippen LogP contribution in [0.4, 0.5) is 5.69 Å². The van der Waals surface area contributed by atoms with E-state index in [1.165, 1.54) is 5.56 Å². The van der Waals surface area contributed by atoms with Gasteiger partial charge in [0.15, 0.2) is 0 Å². The zero-order valence-electron chi connectivity index (χ0n) is 15.0. The minimum absolute atomic E-state index is 0.0516. The van der Waals surface area contributed by atoms with Gasteiger partial charge in [0.2, 0.25) is 11.9 Å². The van der Waals surface area contributed by atoms with Crippen molar-refractivity contribution in [2.75, 3.05) is 38.5 Å². The van der Waals surface area contributed by atoms with Crippen LogP contribution in [0.2, 0.25) is 0 Å². The van der Waals surface area contributed by atoms with Gasteiger partial charge in [-0.3, -0.25) is 14.9 Å². The third-order valence-corrected chi connectivity index (χ3v) is 4.79. The van der Waals surface area contributed by atoms with Crippen LogP contribution < -0.4 is 10.6 Å². The van der Waals surface area contributed by atoms with Crippen molar-refractivity contribution in [1.29, 1.82) is 0 Å². The molecule has 7 heteroatoms. The molecule has 0 aromatic heterocycles. The summed E-state index contributed by atoms with van der Waals surface area (Å²) in [6, 6.07) is 5.12. The van der Waals surface area contributed by atoms with Gasteiger partial charge < -0.3 is 15.1 Å². The molecule has 0 saturated carbocycles. The first-order valence-corrected chi connectivity index (χ1v) is 8.61. The van der Waals surface area contributed by atoms with Crippen molar-refractivity contribution in [3.8, 4) is 0 Å². The fourth-order valence-corrected chi connectivity index (χ4v) is 2.96. The second-order valence-corrected chi connectivity index (χ2v) is 6.80. The molecule has 1 saturated heterocycles. The Morgan fingerprint density at radius 3 is 2.64 bits per heavy atom. The summed E-state index contributed by atoms with van der Waals surface area (Å²) in [5, 5.41) is 5.66. The molecule has 1 aromatic carbocycles. The van der Waals surface area contributed by atoms with Gasteiger partial charge in [0.25, 0.3) is 5.91 Å². The van der Waals surface area contributed by atoms with Gasteiger partial charge in [0.1, 0.15) is 6.04 Å². The summed E-state index contributed by atoms with van der Waals surface area (Å²) in [5.41, 5.74) is 3.04. The number of nitrogens with zero attached hydrogens (tertiary/aromatic N) is 3. The molecule has 0 unspecified atom stereocenters. The highest BCUT2D eigenvalue weighted by Gasteiger charge is 2.31. The molecule has 0 aliphatic carbocycles. The Balaban J connectivity index is 1.58. The Labute approximate surface area is 148 Å². The van der Waals surface area contributed by atoms with Crippen LogP contribution in [0.25, 0.3) is 0 Å². The molecule has 0 spiro atoms. The first-order chi connectivity index (χ1) is 11.9. The van der Waals surface area contributed by atoms with Crippen LogP contribution in [0.3, 0.4) is 0 Å². The smallest absolute Gasteiger partial charge is 0.252 e. The van der Waals surface area contributed by atoms with E-state index in [2.05, 4.69) is 32.5 Å². The summed E-state index contributed by atoms with van der Waals surface area (Å²) >= 11 is 0. The SMILES string of the molecule is Cc1ccc(NC(=O)C[C@H]2N=C(N3CCN(C)CC3)NC2=O)cc1C. The molecule has 3 rings (SSSR count). The molecule has 2 amide bonds. The summed E-state index contributed by atoms with van der Waals surface area (Å²) in [4.78, 5) is 33.1. The van der Waals surface area contributed by atoms with Gasteiger partial charge in [-0.2, -0.15) is 0 Å². The Morgan fingerprint density at radius 1 is 1.24 bits per heavy atom. The molecule has 1 atom stereocenters. The molecule has 0 bridgehead atoms. The largest absolute Gasteiger partial charge is 0.340 e. The van der Waals surface area contributed by atoms with Crippen LogP contribution >= 0.6 is 0 Å². The number of anilines is 1. The van der Waals surface area contributed by atoms with E-state index in [0.717, 1.165) is 37.4 Å². The van der Waals surface area contributed by atoms with Crippen molar-refractivity contribution in [2.45, 2.75) is 26.3 Å². The van der Waals surface area contributed by atoms with Crippen molar-refractivity contribution >= 4 is 23.5 Å². The zero-order chi connectivity index (χ0) is 18.0. The highest BCUT2D eigenvalue weighted by Crippen LogP contribution is 2.16. The highest BCUT2D eigenvalue weighted by atomic mass is 16.2. The van der Waals surface area contributed by atoms with Crippen molar-refractivity contribution < 1.29 is 9.59 Å². The van der Waals surface area contributed by atoms with E-state index in [1.54, 1.807) is 0 Å². The highest BCUT2D eigenvalue weighted by molar-refractivity contribution is 6.07. The van der Waals surface area contributed by atoms with Gasteiger partial charge in [0.05, 0.1) is 6.42 Å². The lowest BCUT2D eigenvalue weighted by Crippen LogP contribution is -2.50. The third kappa shape index (κ3) is 4.17. The number of nitrogens with one attached hydrogen (secondary N) is 2. The van der Waals surface area contributed by atoms with Crippen LogP contribution in [-0.4, -0.2) is 66.8 Å². The molecular weight excluding hydrogens is 318 g/mol. The molecule has 7 nitrogen and oxygen atoms in total. The molecule has 1 fully saturated rings. The second kappa shape index (κ2) is 7.23. The number of hydrogen-bond acceptors (Lipinski definition) is 5. The standard InChI is InChI=1S/C18H25N5O2/c1-12-4-5-14(10-13(12)2)19-16(24)11-15-17(25)21-18(20-15)23-8-6-22(3)7-9-23/h4-5,10,15H,6-9,11H2,1-3H3,(H,19,24)(H,20,21,25)/t15-/m1/s1. The van der Waals surface area contributed by atoms with E-state index in [0.29, 0.717) is 5.96 Å². The molecule has 2 aliphatic rings. The number of carbonyl (C=O) groups is 2. The summed E-state index contributed by atoms with van der Waals surface area (Å²) in [6.45, 7) is 7.56. The fourth-order valence-electron chi connectivity index (χ4n) is 2.96. The Bertz CT molecular complexity index is 707. The topological polar surface area (TPSA) is 77.0 Å². The van der Waals surface area contributed by atoms with Gasteiger partial charge in [-0.05, 0) is 44.2 Å². The number of hydrogen-bond donors (Lipinski definition) is 2. The maximum atomic E-state index is 12.3. The van der Waals surface area contributed by atoms with Crippen LogP contribution in [0.5, 0.6) is 0 Å². The van der Waals surface area contributed by atoms with Gasteiger partial charge in [-0.15, -0.1) is 0 Å². The first kappa shape index (κ1) is 17.4.